The Bertz CT molecular complexity index is 1210. The number of aromatic nitrogens is 4. The third-order valence-electron chi connectivity index (χ3n) is 6.67. The number of anilines is 3. The first-order valence-electron chi connectivity index (χ1n) is 11.9. The second kappa shape index (κ2) is 9.02. The first-order chi connectivity index (χ1) is 16.7. The first-order valence-corrected chi connectivity index (χ1v) is 11.9. The molecule has 1 saturated carbocycles. The number of nitrogens with one attached hydrogen (secondary N) is 2. The molecule has 3 aromatic rings. The lowest BCUT2D eigenvalue weighted by molar-refractivity contribution is -0.115. The Morgan fingerprint density at radius 3 is 2.74 bits per heavy atom. The van der Waals surface area contributed by atoms with E-state index in [2.05, 4.69) is 47.6 Å². The van der Waals surface area contributed by atoms with Crippen molar-refractivity contribution in [2.24, 2.45) is 0 Å². The molecule has 0 bridgehead atoms. The molecular weight excluding hydrogens is 434 g/mol. The van der Waals surface area contributed by atoms with Crippen LogP contribution in [0.5, 0.6) is 5.75 Å². The summed E-state index contributed by atoms with van der Waals surface area (Å²) in [6.07, 6.45) is 9.36. The highest BCUT2D eigenvalue weighted by atomic mass is 16.5. The van der Waals surface area contributed by atoms with Crippen molar-refractivity contribution in [2.45, 2.75) is 44.2 Å². The van der Waals surface area contributed by atoms with E-state index in [9.17, 15) is 4.79 Å². The van der Waals surface area contributed by atoms with Gasteiger partial charge in [-0.3, -0.25) is 9.78 Å². The van der Waals surface area contributed by atoms with Crippen LogP contribution in [0.1, 0.15) is 31.2 Å². The van der Waals surface area contributed by atoms with E-state index in [0.717, 1.165) is 80.0 Å². The van der Waals surface area contributed by atoms with Gasteiger partial charge >= 0.3 is 0 Å². The lowest BCUT2D eigenvalue weighted by atomic mass is 9.93. The van der Waals surface area contributed by atoms with Gasteiger partial charge in [0.15, 0.2) is 0 Å². The van der Waals surface area contributed by atoms with Crippen molar-refractivity contribution in [3.63, 3.8) is 0 Å². The summed E-state index contributed by atoms with van der Waals surface area (Å²) in [5.41, 5.74) is 3.59. The molecule has 10 nitrogen and oxygen atoms in total. The van der Waals surface area contributed by atoms with Crippen molar-refractivity contribution in [3.05, 3.63) is 36.3 Å². The maximum Gasteiger partial charge on any atom is 0.230 e. The molecular formula is C24H27N7O3. The Morgan fingerprint density at radius 2 is 1.88 bits per heavy atom. The number of ether oxygens (including phenoxy) is 2. The molecule has 6 rings (SSSR count). The molecule has 2 fully saturated rings. The van der Waals surface area contributed by atoms with E-state index < -0.39 is 0 Å². The van der Waals surface area contributed by atoms with Crippen molar-refractivity contribution < 1.29 is 14.3 Å². The normalized spacial score (nSPS) is 22.4. The van der Waals surface area contributed by atoms with Crippen LogP contribution in [-0.2, 0) is 16.0 Å². The predicted octanol–water partition coefficient (Wildman–Crippen LogP) is 2.55. The quantitative estimate of drug-likeness (QED) is 0.591. The van der Waals surface area contributed by atoms with E-state index >= 15 is 0 Å². The summed E-state index contributed by atoms with van der Waals surface area (Å²) in [6.45, 7) is 3.17. The number of fused-ring (bicyclic) bond motifs is 2. The molecule has 0 atom stereocenters. The van der Waals surface area contributed by atoms with Crippen molar-refractivity contribution >= 4 is 34.4 Å². The van der Waals surface area contributed by atoms with E-state index in [0.29, 0.717) is 18.2 Å². The summed E-state index contributed by atoms with van der Waals surface area (Å²) in [6, 6.07) is 4.45. The van der Waals surface area contributed by atoms with E-state index in [1.807, 2.05) is 0 Å². The summed E-state index contributed by atoms with van der Waals surface area (Å²) in [5, 5.41) is 6.20. The monoisotopic (exact) mass is 461 g/mol. The summed E-state index contributed by atoms with van der Waals surface area (Å²) in [7, 11) is 0. The number of nitrogens with zero attached hydrogens (tertiary/aromatic N) is 5. The van der Waals surface area contributed by atoms with Gasteiger partial charge in [-0.05, 0) is 31.7 Å². The largest absolute Gasteiger partial charge is 0.488 e. The molecule has 176 valence electrons. The van der Waals surface area contributed by atoms with Gasteiger partial charge in [0.25, 0.3) is 0 Å². The molecule has 2 N–H and O–H groups in total. The average molecular weight is 462 g/mol. The van der Waals surface area contributed by atoms with Gasteiger partial charge in [-0.15, -0.1) is 0 Å². The van der Waals surface area contributed by atoms with Crippen LogP contribution in [0.15, 0.2) is 30.7 Å². The third-order valence-corrected chi connectivity index (χ3v) is 6.67. The molecule has 1 amide bonds. The van der Waals surface area contributed by atoms with E-state index in [-0.39, 0.29) is 18.1 Å². The molecule has 34 heavy (non-hydrogen) atoms. The standard InChI is InChI=1S/C24H27N7O3/c32-21-11-15-14-27-24(30-23(15)29-21)28-16-1-3-18(4-2-16)34-20-13-17(31-7-9-33-10-8-31)12-19-22(20)26-6-5-25-19/h5-6,12-14,16,18H,1-4,7-11H2,(H2,27,28,29,30,32). The first kappa shape index (κ1) is 21.0. The molecule has 10 heteroatoms. The van der Waals surface area contributed by atoms with Crippen LogP contribution in [0.2, 0.25) is 0 Å². The highest BCUT2D eigenvalue weighted by molar-refractivity contribution is 5.97. The maximum atomic E-state index is 11.6. The number of hydrogen-bond donors (Lipinski definition) is 2. The molecule has 1 saturated heterocycles. The minimum atomic E-state index is -0.0333. The third kappa shape index (κ3) is 4.33. The molecule has 0 unspecified atom stereocenters. The van der Waals surface area contributed by atoms with Gasteiger partial charge in [0, 0.05) is 55.0 Å². The fraction of sp³-hybridized carbons (Fsp3) is 0.458. The molecule has 2 aromatic heterocycles. The fourth-order valence-corrected chi connectivity index (χ4v) is 4.87. The maximum absolute atomic E-state index is 11.6. The lowest BCUT2D eigenvalue weighted by Gasteiger charge is -2.31. The summed E-state index contributed by atoms with van der Waals surface area (Å²) in [5.74, 6) is 1.94. The van der Waals surface area contributed by atoms with Gasteiger partial charge in [-0.2, -0.15) is 4.98 Å². The fourth-order valence-electron chi connectivity index (χ4n) is 4.87. The zero-order valence-corrected chi connectivity index (χ0v) is 18.9. The van der Waals surface area contributed by atoms with E-state index in [1.165, 1.54) is 0 Å². The zero-order chi connectivity index (χ0) is 22.9. The predicted molar refractivity (Wildman–Crippen MR) is 127 cm³/mol. The van der Waals surface area contributed by atoms with Crippen LogP contribution in [0.25, 0.3) is 11.0 Å². The number of rotatable bonds is 5. The van der Waals surface area contributed by atoms with Crippen molar-refractivity contribution in [2.75, 3.05) is 41.8 Å². The van der Waals surface area contributed by atoms with E-state index in [4.69, 9.17) is 9.47 Å². The molecule has 3 aliphatic rings. The van der Waals surface area contributed by atoms with E-state index in [1.54, 1.807) is 18.6 Å². The zero-order valence-electron chi connectivity index (χ0n) is 18.9. The highest BCUT2D eigenvalue weighted by Crippen LogP contribution is 2.33. The Labute approximate surface area is 197 Å². The van der Waals surface area contributed by atoms with Crippen LogP contribution < -0.4 is 20.3 Å². The lowest BCUT2D eigenvalue weighted by Crippen LogP contribution is -2.36. The van der Waals surface area contributed by atoms with Crippen molar-refractivity contribution in [1.29, 1.82) is 0 Å². The summed E-state index contributed by atoms with van der Waals surface area (Å²) in [4.78, 5) is 31.8. The molecule has 4 heterocycles. The topological polar surface area (TPSA) is 114 Å². The summed E-state index contributed by atoms with van der Waals surface area (Å²) >= 11 is 0. The molecule has 2 aliphatic heterocycles. The van der Waals surface area contributed by atoms with Crippen LogP contribution in [0.4, 0.5) is 17.5 Å². The van der Waals surface area contributed by atoms with Crippen LogP contribution in [0, 0.1) is 0 Å². The molecule has 1 aliphatic carbocycles. The van der Waals surface area contributed by atoms with Crippen molar-refractivity contribution in [1.82, 2.24) is 19.9 Å². The number of amides is 1. The van der Waals surface area contributed by atoms with Crippen LogP contribution in [-0.4, -0.2) is 64.3 Å². The average Bonchev–Trinajstić information content (AvgIpc) is 3.25. The van der Waals surface area contributed by atoms with Gasteiger partial charge in [0.2, 0.25) is 11.9 Å². The molecule has 1 aromatic carbocycles. The number of benzene rings is 1. The minimum absolute atomic E-state index is 0.0333. The number of hydrogen-bond acceptors (Lipinski definition) is 9. The second-order valence-electron chi connectivity index (χ2n) is 9.00. The number of morpholine rings is 1. The number of carbonyl (C=O) groups is 1. The van der Waals surface area contributed by atoms with Gasteiger partial charge in [0.1, 0.15) is 17.1 Å². The Morgan fingerprint density at radius 1 is 1.06 bits per heavy atom. The van der Waals surface area contributed by atoms with Crippen LogP contribution in [0.3, 0.4) is 0 Å². The van der Waals surface area contributed by atoms with Gasteiger partial charge in [-0.25, -0.2) is 9.97 Å². The molecule has 0 radical (unpaired) electrons. The smallest absolute Gasteiger partial charge is 0.230 e. The van der Waals surface area contributed by atoms with Gasteiger partial charge in [0.05, 0.1) is 31.3 Å². The number of carbonyl (C=O) groups excluding carboxylic acids is 1. The minimum Gasteiger partial charge on any atom is -0.488 e. The van der Waals surface area contributed by atoms with Gasteiger partial charge in [-0.1, -0.05) is 0 Å². The summed E-state index contributed by atoms with van der Waals surface area (Å²) < 4.78 is 12.0. The second-order valence-corrected chi connectivity index (χ2v) is 9.00. The van der Waals surface area contributed by atoms with Crippen LogP contribution >= 0.6 is 0 Å². The SMILES string of the molecule is O=C1Cc2cnc(NC3CCC(Oc4cc(N5CCOCC5)cc5nccnc45)CC3)nc2N1. The Balaban J connectivity index is 1.12. The molecule has 0 spiro atoms. The Kier molecular flexibility index (Phi) is 5.58. The van der Waals surface area contributed by atoms with Gasteiger partial charge < -0.3 is 25.0 Å². The van der Waals surface area contributed by atoms with Crippen molar-refractivity contribution in [3.8, 4) is 5.75 Å². The Hall–Kier alpha value is -3.53. The highest BCUT2D eigenvalue weighted by Gasteiger charge is 2.26.